The maximum Gasteiger partial charge on any atom is 0.417 e. The van der Waals surface area contributed by atoms with E-state index in [2.05, 4.69) is 4.98 Å². The van der Waals surface area contributed by atoms with Crippen molar-refractivity contribution >= 4 is 29.3 Å². The highest BCUT2D eigenvalue weighted by atomic mass is 35.5. The summed E-state index contributed by atoms with van der Waals surface area (Å²) in [6.07, 6.45) is -3.78. The predicted molar refractivity (Wildman–Crippen MR) is 99.8 cm³/mol. The number of carbonyl (C=O) groups is 2. The second-order valence-corrected chi connectivity index (χ2v) is 6.74. The zero-order chi connectivity index (χ0) is 21.0. The van der Waals surface area contributed by atoms with Gasteiger partial charge in [-0.25, -0.2) is 9.78 Å². The van der Waals surface area contributed by atoms with Crippen LogP contribution in [0.2, 0.25) is 5.02 Å². The van der Waals surface area contributed by atoms with Crippen molar-refractivity contribution in [2.45, 2.75) is 6.18 Å². The number of esters is 1. The van der Waals surface area contributed by atoms with Gasteiger partial charge in [0.15, 0.2) is 6.61 Å². The van der Waals surface area contributed by atoms with Crippen molar-refractivity contribution in [1.29, 1.82) is 0 Å². The number of halogens is 4. The molecule has 1 saturated heterocycles. The molecule has 1 aliphatic heterocycles. The third-order valence-electron chi connectivity index (χ3n) is 4.42. The number of anilines is 1. The van der Waals surface area contributed by atoms with E-state index in [0.29, 0.717) is 31.7 Å². The summed E-state index contributed by atoms with van der Waals surface area (Å²) >= 11 is 5.97. The molecule has 154 valence electrons. The summed E-state index contributed by atoms with van der Waals surface area (Å²) < 4.78 is 43.2. The number of pyridine rings is 1. The number of aromatic nitrogens is 1. The highest BCUT2D eigenvalue weighted by Gasteiger charge is 2.32. The molecule has 0 bridgehead atoms. The van der Waals surface area contributed by atoms with Crippen molar-refractivity contribution in [3.8, 4) is 0 Å². The van der Waals surface area contributed by atoms with Crippen LogP contribution in [-0.4, -0.2) is 54.5 Å². The summed E-state index contributed by atoms with van der Waals surface area (Å²) in [5.74, 6) is -0.694. The fraction of sp³-hybridized carbons (Fsp3) is 0.316. The first-order valence-corrected chi connectivity index (χ1v) is 9.11. The van der Waals surface area contributed by atoms with E-state index < -0.39 is 17.7 Å². The first-order chi connectivity index (χ1) is 13.8. The molecule has 1 fully saturated rings. The third kappa shape index (κ3) is 5.17. The van der Waals surface area contributed by atoms with E-state index in [0.717, 1.165) is 12.3 Å². The van der Waals surface area contributed by atoms with Crippen LogP contribution in [0.4, 0.5) is 19.0 Å². The Labute approximate surface area is 169 Å². The molecule has 6 nitrogen and oxygen atoms in total. The van der Waals surface area contributed by atoms with Gasteiger partial charge >= 0.3 is 12.1 Å². The smallest absolute Gasteiger partial charge is 0.417 e. The van der Waals surface area contributed by atoms with Crippen molar-refractivity contribution in [2.75, 3.05) is 37.7 Å². The molecule has 1 amide bonds. The van der Waals surface area contributed by atoms with Crippen molar-refractivity contribution in [3.05, 3.63) is 58.7 Å². The minimum absolute atomic E-state index is 0.101. The van der Waals surface area contributed by atoms with E-state index in [1.807, 2.05) is 0 Å². The molecule has 1 aromatic heterocycles. The summed E-state index contributed by atoms with van der Waals surface area (Å²) in [7, 11) is 0. The number of rotatable bonds is 4. The molecule has 0 unspecified atom stereocenters. The van der Waals surface area contributed by atoms with Crippen LogP contribution in [0.15, 0.2) is 42.6 Å². The van der Waals surface area contributed by atoms with Crippen molar-refractivity contribution in [3.63, 3.8) is 0 Å². The number of ether oxygens (including phenoxy) is 1. The van der Waals surface area contributed by atoms with Crippen molar-refractivity contribution < 1.29 is 27.5 Å². The SMILES string of the molecule is O=C(OCC(=O)N1CCN(c2ncc(C(F)(F)F)cc2Cl)CC1)c1ccccc1. The van der Waals surface area contributed by atoms with Gasteiger partial charge in [-0.15, -0.1) is 0 Å². The number of nitrogens with zero attached hydrogens (tertiary/aromatic N) is 3. The Morgan fingerprint density at radius 1 is 1.10 bits per heavy atom. The van der Waals surface area contributed by atoms with Gasteiger partial charge in [0.05, 0.1) is 16.1 Å². The lowest BCUT2D eigenvalue weighted by Gasteiger charge is -2.35. The average Bonchev–Trinajstić information content (AvgIpc) is 2.72. The third-order valence-corrected chi connectivity index (χ3v) is 4.70. The molecule has 0 radical (unpaired) electrons. The van der Waals surface area contributed by atoms with Gasteiger partial charge in [0.1, 0.15) is 5.82 Å². The Morgan fingerprint density at radius 3 is 2.34 bits per heavy atom. The summed E-state index contributed by atoms with van der Waals surface area (Å²) in [6, 6.07) is 9.17. The summed E-state index contributed by atoms with van der Waals surface area (Å²) in [5.41, 5.74) is -0.562. The van der Waals surface area contributed by atoms with Crippen molar-refractivity contribution in [2.24, 2.45) is 0 Å². The van der Waals surface area contributed by atoms with Crippen LogP contribution in [0.3, 0.4) is 0 Å². The van der Waals surface area contributed by atoms with Crippen molar-refractivity contribution in [1.82, 2.24) is 9.88 Å². The number of carbonyl (C=O) groups excluding carboxylic acids is 2. The second kappa shape index (κ2) is 8.69. The van der Waals surface area contributed by atoms with Crippen LogP contribution in [0, 0.1) is 0 Å². The number of benzene rings is 1. The van der Waals surface area contributed by atoms with E-state index >= 15 is 0 Å². The molecule has 3 rings (SSSR count). The molecule has 0 spiro atoms. The maximum absolute atomic E-state index is 12.7. The number of hydrogen-bond donors (Lipinski definition) is 0. The average molecular weight is 428 g/mol. The summed E-state index contributed by atoms with van der Waals surface area (Å²) in [5, 5.41) is -0.101. The second-order valence-electron chi connectivity index (χ2n) is 6.34. The van der Waals surface area contributed by atoms with E-state index in [1.54, 1.807) is 35.2 Å². The molecule has 1 aromatic carbocycles. The first kappa shape index (κ1) is 20.9. The lowest BCUT2D eigenvalue weighted by molar-refractivity contribution is -0.138. The number of hydrogen-bond acceptors (Lipinski definition) is 5. The fourth-order valence-corrected chi connectivity index (χ4v) is 3.15. The Bertz CT molecular complexity index is 885. The Kier molecular flexibility index (Phi) is 6.26. The van der Waals surface area contributed by atoms with Crippen LogP contribution < -0.4 is 4.90 Å². The molecule has 2 aromatic rings. The van der Waals surface area contributed by atoms with Crippen LogP contribution in [0.1, 0.15) is 15.9 Å². The van der Waals surface area contributed by atoms with Crippen LogP contribution >= 0.6 is 11.6 Å². The maximum atomic E-state index is 12.7. The molecular weight excluding hydrogens is 411 g/mol. The Morgan fingerprint density at radius 2 is 1.76 bits per heavy atom. The van der Waals surface area contributed by atoms with Gasteiger partial charge in [0.2, 0.25) is 0 Å². The topological polar surface area (TPSA) is 62.7 Å². The molecule has 29 heavy (non-hydrogen) atoms. The van der Waals surface area contributed by atoms with E-state index in [4.69, 9.17) is 16.3 Å². The van der Waals surface area contributed by atoms with Gasteiger partial charge in [0, 0.05) is 32.4 Å². The van der Waals surface area contributed by atoms with Gasteiger partial charge in [-0.2, -0.15) is 13.2 Å². The van der Waals surface area contributed by atoms with E-state index in [-0.39, 0.29) is 23.4 Å². The largest absolute Gasteiger partial charge is 0.452 e. The molecule has 0 N–H and O–H groups in total. The Hall–Kier alpha value is -2.81. The van der Waals surface area contributed by atoms with Gasteiger partial charge in [-0.3, -0.25) is 4.79 Å². The highest BCUT2D eigenvalue weighted by Crippen LogP contribution is 2.33. The van der Waals surface area contributed by atoms with E-state index in [9.17, 15) is 22.8 Å². The van der Waals surface area contributed by atoms with Gasteiger partial charge in [-0.05, 0) is 18.2 Å². The lowest BCUT2D eigenvalue weighted by Crippen LogP contribution is -2.50. The zero-order valence-corrected chi connectivity index (χ0v) is 15.9. The van der Waals surface area contributed by atoms with Gasteiger partial charge in [0.25, 0.3) is 5.91 Å². The van der Waals surface area contributed by atoms with Crippen LogP contribution in [-0.2, 0) is 15.7 Å². The zero-order valence-electron chi connectivity index (χ0n) is 15.2. The lowest BCUT2D eigenvalue weighted by atomic mass is 10.2. The molecule has 1 aliphatic rings. The molecule has 2 heterocycles. The quantitative estimate of drug-likeness (QED) is 0.701. The summed E-state index contributed by atoms with van der Waals surface area (Å²) in [6.45, 7) is 0.918. The minimum Gasteiger partial charge on any atom is -0.452 e. The monoisotopic (exact) mass is 427 g/mol. The number of piperazine rings is 1. The molecule has 10 heteroatoms. The summed E-state index contributed by atoms with van der Waals surface area (Å²) in [4.78, 5) is 31.2. The molecule has 0 aliphatic carbocycles. The first-order valence-electron chi connectivity index (χ1n) is 8.73. The van der Waals surface area contributed by atoms with Gasteiger partial charge < -0.3 is 14.5 Å². The Balaban J connectivity index is 1.52. The predicted octanol–water partition coefficient (Wildman–Crippen LogP) is 3.26. The molecule has 0 saturated carbocycles. The van der Waals surface area contributed by atoms with E-state index in [1.165, 1.54) is 4.90 Å². The highest BCUT2D eigenvalue weighted by molar-refractivity contribution is 6.33. The van der Waals surface area contributed by atoms with Gasteiger partial charge in [-0.1, -0.05) is 29.8 Å². The molecular formula is C19H17ClF3N3O3. The standard InChI is InChI=1S/C19H17ClF3N3O3/c20-15-10-14(19(21,22)23)11-24-17(15)26-8-6-25(7-9-26)16(27)12-29-18(28)13-4-2-1-3-5-13/h1-5,10-11H,6-9,12H2. The van der Waals surface area contributed by atoms with Crippen LogP contribution in [0.5, 0.6) is 0 Å². The number of amides is 1. The fourth-order valence-electron chi connectivity index (χ4n) is 2.86. The number of alkyl halides is 3. The van der Waals surface area contributed by atoms with Crippen LogP contribution in [0.25, 0.3) is 0 Å². The normalized spacial score (nSPS) is 14.6. The minimum atomic E-state index is -4.52. The molecule has 0 atom stereocenters.